The molecule has 1 aromatic heterocycles. The maximum absolute atomic E-state index is 5.24. The second-order valence-corrected chi connectivity index (χ2v) is 5.88. The first-order valence-electron chi connectivity index (χ1n) is 7.95. The molecule has 118 valence electrons. The van der Waals surface area contributed by atoms with Gasteiger partial charge in [-0.2, -0.15) is 0 Å². The minimum atomic E-state index is 0.848. The van der Waals surface area contributed by atoms with Gasteiger partial charge in [-0.25, -0.2) is 4.98 Å². The molecule has 0 spiro atoms. The number of nitrogens with zero attached hydrogens (tertiary/aromatic N) is 1. The molecule has 0 aliphatic carbocycles. The lowest BCUT2D eigenvalue weighted by atomic mass is 10.1. The SMILES string of the molecule is COc1ccc(Nc2c3ccccc3nc3ccc(C)cc23)cc1. The number of aromatic nitrogens is 1. The molecule has 1 N–H and O–H groups in total. The molecule has 0 saturated carbocycles. The molecular formula is C21H18N2O. The normalized spacial score (nSPS) is 10.9. The number of fused-ring (bicyclic) bond motifs is 2. The van der Waals surface area contributed by atoms with Crippen LogP contribution >= 0.6 is 0 Å². The summed E-state index contributed by atoms with van der Waals surface area (Å²) >= 11 is 0. The Balaban J connectivity index is 1.93. The highest BCUT2D eigenvalue weighted by molar-refractivity contribution is 6.08. The van der Waals surface area contributed by atoms with Gasteiger partial charge in [-0.3, -0.25) is 0 Å². The van der Waals surface area contributed by atoms with E-state index >= 15 is 0 Å². The van der Waals surface area contributed by atoms with Gasteiger partial charge < -0.3 is 10.1 Å². The summed E-state index contributed by atoms with van der Waals surface area (Å²) in [6.07, 6.45) is 0. The van der Waals surface area contributed by atoms with Crippen molar-refractivity contribution in [1.29, 1.82) is 0 Å². The second kappa shape index (κ2) is 5.85. The lowest BCUT2D eigenvalue weighted by Crippen LogP contribution is -1.95. The van der Waals surface area contributed by atoms with Crippen LogP contribution in [0.4, 0.5) is 11.4 Å². The average molecular weight is 314 g/mol. The first-order chi connectivity index (χ1) is 11.7. The zero-order chi connectivity index (χ0) is 16.5. The van der Waals surface area contributed by atoms with E-state index in [2.05, 4.69) is 36.5 Å². The van der Waals surface area contributed by atoms with E-state index in [1.807, 2.05) is 42.5 Å². The molecule has 0 amide bonds. The van der Waals surface area contributed by atoms with Gasteiger partial charge in [0.1, 0.15) is 5.75 Å². The van der Waals surface area contributed by atoms with Gasteiger partial charge in [0.15, 0.2) is 0 Å². The number of aryl methyl sites for hydroxylation is 1. The molecule has 0 bridgehead atoms. The molecule has 0 aliphatic heterocycles. The second-order valence-electron chi connectivity index (χ2n) is 5.88. The van der Waals surface area contributed by atoms with Gasteiger partial charge in [0.25, 0.3) is 0 Å². The maximum Gasteiger partial charge on any atom is 0.119 e. The third-order valence-corrected chi connectivity index (χ3v) is 4.20. The highest BCUT2D eigenvalue weighted by Crippen LogP contribution is 2.33. The van der Waals surface area contributed by atoms with Crippen LogP contribution in [0.5, 0.6) is 5.75 Å². The average Bonchev–Trinajstić information content (AvgIpc) is 2.62. The molecule has 3 aromatic carbocycles. The minimum Gasteiger partial charge on any atom is -0.497 e. The molecule has 0 aliphatic rings. The van der Waals surface area contributed by atoms with Crippen LogP contribution in [0.25, 0.3) is 21.8 Å². The van der Waals surface area contributed by atoms with Crippen molar-refractivity contribution in [2.24, 2.45) is 0 Å². The summed E-state index contributed by atoms with van der Waals surface area (Å²) in [4.78, 5) is 4.79. The summed E-state index contributed by atoms with van der Waals surface area (Å²) < 4.78 is 5.24. The van der Waals surface area contributed by atoms with Crippen molar-refractivity contribution in [3.8, 4) is 5.75 Å². The van der Waals surface area contributed by atoms with Crippen molar-refractivity contribution in [2.45, 2.75) is 6.92 Å². The molecule has 4 rings (SSSR count). The number of pyridine rings is 1. The summed E-state index contributed by atoms with van der Waals surface area (Å²) in [5, 5.41) is 5.82. The third-order valence-electron chi connectivity index (χ3n) is 4.20. The Hall–Kier alpha value is -3.07. The summed E-state index contributed by atoms with van der Waals surface area (Å²) in [5.74, 6) is 0.848. The number of para-hydroxylation sites is 1. The van der Waals surface area contributed by atoms with E-state index in [0.29, 0.717) is 0 Å². The fraction of sp³-hybridized carbons (Fsp3) is 0.0952. The van der Waals surface area contributed by atoms with Crippen LogP contribution in [-0.4, -0.2) is 12.1 Å². The van der Waals surface area contributed by atoms with Crippen LogP contribution < -0.4 is 10.1 Å². The van der Waals surface area contributed by atoms with E-state index in [0.717, 1.165) is 38.9 Å². The number of nitrogens with one attached hydrogen (secondary N) is 1. The van der Waals surface area contributed by atoms with Gasteiger partial charge >= 0.3 is 0 Å². The monoisotopic (exact) mass is 314 g/mol. The molecule has 0 unspecified atom stereocenters. The molecule has 24 heavy (non-hydrogen) atoms. The first-order valence-corrected chi connectivity index (χ1v) is 7.95. The molecule has 0 radical (unpaired) electrons. The Labute approximate surface area is 140 Å². The molecule has 3 nitrogen and oxygen atoms in total. The molecular weight excluding hydrogens is 296 g/mol. The van der Waals surface area contributed by atoms with Crippen molar-refractivity contribution in [1.82, 2.24) is 4.98 Å². The number of hydrogen-bond acceptors (Lipinski definition) is 3. The molecule has 4 aromatic rings. The zero-order valence-corrected chi connectivity index (χ0v) is 13.7. The van der Waals surface area contributed by atoms with Gasteiger partial charge in [0.05, 0.1) is 23.8 Å². The number of methoxy groups -OCH3 is 1. The highest BCUT2D eigenvalue weighted by atomic mass is 16.5. The fourth-order valence-corrected chi connectivity index (χ4v) is 2.96. The van der Waals surface area contributed by atoms with Gasteiger partial charge in [-0.15, -0.1) is 0 Å². The minimum absolute atomic E-state index is 0.848. The molecule has 3 heteroatoms. The van der Waals surface area contributed by atoms with E-state index in [4.69, 9.17) is 9.72 Å². The van der Waals surface area contributed by atoms with Crippen molar-refractivity contribution in [2.75, 3.05) is 12.4 Å². The molecule has 1 heterocycles. The van der Waals surface area contributed by atoms with E-state index in [9.17, 15) is 0 Å². The third kappa shape index (κ3) is 2.54. The smallest absolute Gasteiger partial charge is 0.119 e. The van der Waals surface area contributed by atoms with E-state index in [1.54, 1.807) is 7.11 Å². The quantitative estimate of drug-likeness (QED) is 0.511. The number of ether oxygens (including phenoxy) is 1. The Kier molecular flexibility index (Phi) is 3.54. The molecule has 0 atom stereocenters. The Morgan fingerprint density at radius 1 is 0.833 bits per heavy atom. The Morgan fingerprint density at radius 3 is 2.38 bits per heavy atom. The zero-order valence-electron chi connectivity index (χ0n) is 13.7. The lowest BCUT2D eigenvalue weighted by molar-refractivity contribution is 0.415. The summed E-state index contributed by atoms with van der Waals surface area (Å²) in [6.45, 7) is 2.10. The topological polar surface area (TPSA) is 34.1 Å². The van der Waals surface area contributed by atoms with Crippen molar-refractivity contribution < 1.29 is 4.74 Å². The number of rotatable bonds is 3. The Bertz CT molecular complexity index is 1020. The first kappa shape index (κ1) is 14.5. The van der Waals surface area contributed by atoms with Crippen LogP contribution in [0.2, 0.25) is 0 Å². The number of anilines is 2. The lowest BCUT2D eigenvalue weighted by Gasteiger charge is -2.14. The van der Waals surface area contributed by atoms with Gasteiger partial charge in [0.2, 0.25) is 0 Å². The van der Waals surface area contributed by atoms with Crippen molar-refractivity contribution in [3.05, 3.63) is 72.3 Å². The van der Waals surface area contributed by atoms with Crippen LogP contribution in [0, 0.1) is 6.92 Å². The number of hydrogen-bond donors (Lipinski definition) is 1. The van der Waals surface area contributed by atoms with E-state index < -0.39 is 0 Å². The van der Waals surface area contributed by atoms with Crippen LogP contribution in [0.1, 0.15) is 5.56 Å². The largest absolute Gasteiger partial charge is 0.497 e. The standard InChI is InChI=1S/C21H18N2O/c1-14-7-12-20-18(13-14)21(17-5-3-4-6-19(17)23-20)22-15-8-10-16(24-2)11-9-15/h3-13H,1-2H3,(H,22,23). The van der Waals surface area contributed by atoms with Crippen LogP contribution in [-0.2, 0) is 0 Å². The molecule has 0 fully saturated rings. The van der Waals surface area contributed by atoms with E-state index in [1.165, 1.54) is 5.56 Å². The summed E-state index contributed by atoms with van der Waals surface area (Å²) in [5.41, 5.74) is 5.32. The highest BCUT2D eigenvalue weighted by Gasteiger charge is 2.09. The van der Waals surface area contributed by atoms with Gasteiger partial charge in [0, 0.05) is 16.5 Å². The molecule has 0 saturated heterocycles. The van der Waals surface area contributed by atoms with Crippen LogP contribution in [0.3, 0.4) is 0 Å². The summed E-state index contributed by atoms with van der Waals surface area (Å²) in [7, 11) is 1.68. The fourth-order valence-electron chi connectivity index (χ4n) is 2.96. The van der Waals surface area contributed by atoms with Crippen LogP contribution in [0.15, 0.2) is 66.7 Å². The maximum atomic E-state index is 5.24. The summed E-state index contributed by atoms with van der Waals surface area (Å²) in [6, 6.07) is 22.5. The van der Waals surface area contributed by atoms with E-state index in [-0.39, 0.29) is 0 Å². The Morgan fingerprint density at radius 2 is 1.58 bits per heavy atom. The number of benzene rings is 3. The van der Waals surface area contributed by atoms with Gasteiger partial charge in [-0.1, -0.05) is 29.8 Å². The van der Waals surface area contributed by atoms with Gasteiger partial charge in [-0.05, 0) is 49.4 Å². The van der Waals surface area contributed by atoms with Crippen molar-refractivity contribution >= 4 is 33.2 Å². The van der Waals surface area contributed by atoms with Crippen molar-refractivity contribution in [3.63, 3.8) is 0 Å². The predicted molar refractivity (Wildman–Crippen MR) is 100 cm³/mol. The predicted octanol–water partition coefficient (Wildman–Crippen LogP) is 5.45.